The number of rotatable bonds is 5. The van der Waals surface area contributed by atoms with E-state index in [1.54, 1.807) is 4.90 Å². The van der Waals surface area contributed by atoms with Gasteiger partial charge in [-0.15, -0.1) is 0 Å². The lowest BCUT2D eigenvalue weighted by Gasteiger charge is -2.23. The molecule has 1 rings (SSSR count). The molecule has 0 heterocycles. The van der Waals surface area contributed by atoms with Crippen molar-refractivity contribution in [2.75, 3.05) is 13.1 Å². The highest BCUT2D eigenvalue weighted by atomic mass is 16.4. The van der Waals surface area contributed by atoms with E-state index in [9.17, 15) is 9.59 Å². The third-order valence-electron chi connectivity index (χ3n) is 3.24. The van der Waals surface area contributed by atoms with Crippen LogP contribution >= 0.6 is 0 Å². The molecule has 0 spiro atoms. The Balaban J connectivity index is 2.44. The van der Waals surface area contributed by atoms with Crippen LogP contribution in [-0.4, -0.2) is 41.1 Å². The standard InChI is InChI=1S/C13H22N2O3/c1-4-15(8-9(2)3)13(18)14-11-6-5-10(7-11)12(16)17/h10-11H,2,4-8H2,1,3H3,(H,14,18)(H,16,17). The van der Waals surface area contributed by atoms with Gasteiger partial charge in [0.15, 0.2) is 0 Å². The number of urea groups is 1. The van der Waals surface area contributed by atoms with Crippen LogP contribution in [0.15, 0.2) is 12.2 Å². The molecular formula is C13H22N2O3. The topological polar surface area (TPSA) is 69.6 Å². The molecule has 1 aliphatic rings. The fraction of sp³-hybridized carbons (Fsp3) is 0.692. The Morgan fingerprint density at radius 1 is 1.44 bits per heavy atom. The minimum absolute atomic E-state index is 0.0160. The largest absolute Gasteiger partial charge is 0.481 e. The zero-order chi connectivity index (χ0) is 13.7. The molecule has 0 aromatic carbocycles. The fourth-order valence-electron chi connectivity index (χ4n) is 2.26. The van der Waals surface area contributed by atoms with E-state index >= 15 is 0 Å². The highest BCUT2D eigenvalue weighted by Gasteiger charge is 2.31. The van der Waals surface area contributed by atoms with Crippen LogP contribution < -0.4 is 5.32 Å². The van der Waals surface area contributed by atoms with Crippen LogP contribution in [0.25, 0.3) is 0 Å². The van der Waals surface area contributed by atoms with Crippen LogP contribution in [0.2, 0.25) is 0 Å². The molecule has 0 aromatic heterocycles. The van der Waals surface area contributed by atoms with Gasteiger partial charge in [-0.1, -0.05) is 12.2 Å². The van der Waals surface area contributed by atoms with E-state index in [1.165, 1.54) is 0 Å². The molecule has 2 unspecified atom stereocenters. The molecule has 5 heteroatoms. The molecule has 0 aliphatic heterocycles. The van der Waals surface area contributed by atoms with Crippen LogP contribution in [-0.2, 0) is 4.79 Å². The first kappa shape index (κ1) is 14.5. The van der Waals surface area contributed by atoms with E-state index in [2.05, 4.69) is 11.9 Å². The van der Waals surface area contributed by atoms with E-state index < -0.39 is 5.97 Å². The molecule has 0 bridgehead atoms. The molecule has 2 N–H and O–H groups in total. The number of likely N-dealkylation sites (N-methyl/N-ethyl adjacent to an activating group) is 1. The minimum atomic E-state index is -0.763. The zero-order valence-corrected chi connectivity index (χ0v) is 11.1. The number of hydrogen-bond acceptors (Lipinski definition) is 2. The van der Waals surface area contributed by atoms with Gasteiger partial charge in [-0.25, -0.2) is 4.79 Å². The van der Waals surface area contributed by atoms with E-state index in [0.717, 1.165) is 12.0 Å². The van der Waals surface area contributed by atoms with Gasteiger partial charge < -0.3 is 15.3 Å². The van der Waals surface area contributed by atoms with Crippen LogP contribution in [0, 0.1) is 5.92 Å². The number of carbonyl (C=O) groups is 2. The fourth-order valence-corrected chi connectivity index (χ4v) is 2.26. The highest BCUT2D eigenvalue weighted by Crippen LogP contribution is 2.25. The van der Waals surface area contributed by atoms with Crippen LogP contribution in [0.1, 0.15) is 33.1 Å². The predicted molar refractivity (Wildman–Crippen MR) is 69.4 cm³/mol. The van der Waals surface area contributed by atoms with Crippen molar-refractivity contribution in [3.8, 4) is 0 Å². The summed E-state index contributed by atoms with van der Waals surface area (Å²) in [4.78, 5) is 24.5. The maximum Gasteiger partial charge on any atom is 0.317 e. The average Bonchev–Trinajstić information content (AvgIpc) is 2.74. The molecule has 0 radical (unpaired) electrons. The first-order valence-corrected chi connectivity index (χ1v) is 6.36. The minimum Gasteiger partial charge on any atom is -0.481 e. The summed E-state index contributed by atoms with van der Waals surface area (Å²) in [6.45, 7) is 8.75. The summed E-state index contributed by atoms with van der Waals surface area (Å²) < 4.78 is 0. The Kier molecular flexibility index (Phi) is 5.19. The van der Waals surface area contributed by atoms with Crippen molar-refractivity contribution in [1.82, 2.24) is 10.2 Å². The van der Waals surface area contributed by atoms with Gasteiger partial charge in [0.2, 0.25) is 0 Å². The number of nitrogens with one attached hydrogen (secondary N) is 1. The maximum absolute atomic E-state index is 12.0. The summed E-state index contributed by atoms with van der Waals surface area (Å²) in [7, 11) is 0. The molecule has 2 atom stereocenters. The molecular weight excluding hydrogens is 232 g/mol. The third-order valence-corrected chi connectivity index (χ3v) is 3.24. The van der Waals surface area contributed by atoms with Gasteiger partial charge in [-0.05, 0) is 33.1 Å². The van der Waals surface area contributed by atoms with E-state index in [4.69, 9.17) is 5.11 Å². The van der Waals surface area contributed by atoms with Gasteiger partial charge in [0.05, 0.1) is 5.92 Å². The Labute approximate surface area is 108 Å². The van der Waals surface area contributed by atoms with Crippen LogP contribution in [0.5, 0.6) is 0 Å². The summed E-state index contributed by atoms with van der Waals surface area (Å²) in [5.41, 5.74) is 0.932. The number of carbonyl (C=O) groups excluding carboxylic acids is 1. The normalized spacial score (nSPS) is 22.6. The zero-order valence-electron chi connectivity index (χ0n) is 11.1. The van der Waals surface area contributed by atoms with Gasteiger partial charge in [-0.3, -0.25) is 4.79 Å². The van der Waals surface area contributed by atoms with E-state index in [0.29, 0.717) is 25.9 Å². The quantitative estimate of drug-likeness (QED) is 0.736. The smallest absolute Gasteiger partial charge is 0.317 e. The molecule has 0 aromatic rings. The van der Waals surface area contributed by atoms with Crippen LogP contribution in [0.4, 0.5) is 4.79 Å². The summed E-state index contributed by atoms with van der Waals surface area (Å²) >= 11 is 0. The lowest BCUT2D eigenvalue weighted by molar-refractivity contribution is -0.141. The van der Waals surface area contributed by atoms with Crippen molar-refractivity contribution in [1.29, 1.82) is 0 Å². The van der Waals surface area contributed by atoms with Crippen molar-refractivity contribution in [2.24, 2.45) is 5.92 Å². The summed E-state index contributed by atoms with van der Waals surface area (Å²) in [6.07, 6.45) is 1.92. The molecule has 18 heavy (non-hydrogen) atoms. The van der Waals surface area contributed by atoms with Gasteiger partial charge >= 0.3 is 12.0 Å². The Hall–Kier alpha value is -1.52. The molecule has 1 aliphatic carbocycles. The summed E-state index contributed by atoms with van der Waals surface area (Å²) in [5, 5.41) is 11.8. The number of aliphatic carboxylic acids is 1. The number of nitrogens with zero attached hydrogens (tertiary/aromatic N) is 1. The van der Waals surface area contributed by atoms with Gasteiger partial charge in [0, 0.05) is 19.1 Å². The number of hydrogen-bond donors (Lipinski definition) is 2. The highest BCUT2D eigenvalue weighted by molar-refractivity contribution is 5.75. The number of carboxylic acid groups (broad SMARTS) is 1. The first-order valence-electron chi connectivity index (χ1n) is 6.36. The lowest BCUT2D eigenvalue weighted by Crippen LogP contribution is -2.44. The Morgan fingerprint density at radius 3 is 2.56 bits per heavy atom. The van der Waals surface area contributed by atoms with Crippen molar-refractivity contribution in [3.05, 3.63) is 12.2 Å². The maximum atomic E-state index is 12.0. The van der Waals surface area contributed by atoms with Gasteiger partial charge in [0.25, 0.3) is 0 Å². The SMILES string of the molecule is C=C(C)CN(CC)C(=O)NC1CCC(C(=O)O)C1. The Bertz CT molecular complexity index is 341. The number of amides is 2. The molecule has 1 fully saturated rings. The Morgan fingerprint density at radius 2 is 2.11 bits per heavy atom. The monoisotopic (exact) mass is 254 g/mol. The second kappa shape index (κ2) is 6.42. The van der Waals surface area contributed by atoms with E-state index in [-0.39, 0.29) is 18.0 Å². The molecule has 0 saturated heterocycles. The summed E-state index contributed by atoms with van der Waals surface area (Å²) in [6, 6.07) is -0.144. The average molecular weight is 254 g/mol. The molecule has 2 amide bonds. The van der Waals surface area contributed by atoms with Crippen LogP contribution in [0.3, 0.4) is 0 Å². The first-order chi connectivity index (χ1) is 8.43. The van der Waals surface area contributed by atoms with Crippen molar-refractivity contribution in [3.63, 3.8) is 0 Å². The van der Waals surface area contributed by atoms with Crippen molar-refractivity contribution < 1.29 is 14.7 Å². The second-order valence-corrected chi connectivity index (χ2v) is 4.97. The van der Waals surface area contributed by atoms with Gasteiger partial charge in [0.1, 0.15) is 0 Å². The second-order valence-electron chi connectivity index (χ2n) is 4.97. The number of carboxylic acids is 1. The predicted octanol–water partition coefficient (Wildman–Crippen LogP) is 1.85. The molecule has 102 valence electrons. The lowest BCUT2D eigenvalue weighted by atomic mass is 10.1. The summed E-state index contributed by atoms with van der Waals surface area (Å²) in [5.74, 6) is -1.08. The van der Waals surface area contributed by atoms with Crippen molar-refractivity contribution >= 4 is 12.0 Å². The molecule has 1 saturated carbocycles. The van der Waals surface area contributed by atoms with Gasteiger partial charge in [-0.2, -0.15) is 0 Å². The van der Waals surface area contributed by atoms with Crippen molar-refractivity contribution in [2.45, 2.75) is 39.2 Å². The molecule has 5 nitrogen and oxygen atoms in total. The van der Waals surface area contributed by atoms with E-state index in [1.807, 2.05) is 13.8 Å². The third kappa shape index (κ3) is 4.05.